The Hall–Kier alpha value is -0.520. The molecule has 72 valence electrons. The molecule has 0 aliphatic heterocycles. The highest BCUT2D eigenvalue weighted by Gasteiger charge is 2.23. The van der Waals surface area contributed by atoms with Crippen molar-refractivity contribution in [1.82, 2.24) is 0 Å². The third-order valence-corrected chi connectivity index (χ3v) is 3.54. The molecule has 0 amide bonds. The molecule has 0 bridgehead atoms. The second kappa shape index (κ2) is 3.69. The number of rotatable bonds is 1. The quantitative estimate of drug-likeness (QED) is 0.531. The van der Waals surface area contributed by atoms with Crippen molar-refractivity contribution >= 4 is 0 Å². The zero-order valence-corrected chi connectivity index (χ0v) is 8.79. The highest BCUT2D eigenvalue weighted by Crippen LogP contribution is 2.37. The van der Waals surface area contributed by atoms with E-state index in [0.717, 1.165) is 17.8 Å². The molecule has 2 atom stereocenters. The van der Waals surface area contributed by atoms with E-state index in [1.54, 1.807) is 5.57 Å². The molecule has 0 saturated carbocycles. The van der Waals surface area contributed by atoms with Crippen molar-refractivity contribution in [3.63, 3.8) is 0 Å². The first-order chi connectivity index (χ1) is 6.27. The summed E-state index contributed by atoms with van der Waals surface area (Å²) in [6.07, 6.45) is 12.7. The topological polar surface area (TPSA) is 0 Å². The Balaban J connectivity index is 2.14. The molecule has 0 fully saturated rings. The first kappa shape index (κ1) is 9.05. The van der Waals surface area contributed by atoms with Gasteiger partial charge in [0.1, 0.15) is 0 Å². The average Bonchev–Trinajstić information content (AvgIpc) is 2.17. The molecular formula is C13H20. The molecule has 0 heterocycles. The van der Waals surface area contributed by atoms with Crippen LogP contribution in [0.2, 0.25) is 0 Å². The summed E-state index contributed by atoms with van der Waals surface area (Å²) >= 11 is 0. The minimum absolute atomic E-state index is 0.809. The van der Waals surface area contributed by atoms with Crippen molar-refractivity contribution < 1.29 is 0 Å². The Bertz CT molecular complexity index is 232. The van der Waals surface area contributed by atoms with Crippen LogP contribution in [0.1, 0.15) is 39.5 Å². The fraction of sp³-hybridized carbons (Fsp3) is 0.692. The van der Waals surface area contributed by atoms with E-state index in [1.165, 1.54) is 25.7 Å². The van der Waals surface area contributed by atoms with E-state index in [9.17, 15) is 0 Å². The number of fused-ring (bicyclic) bond motifs is 1. The molecule has 2 aliphatic carbocycles. The van der Waals surface area contributed by atoms with E-state index >= 15 is 0 Å². The zero-order chi connectivity index (χ0) is 9.26. The SMILES string of the molecule is CC(C)C1C=C2CCC=CC2CC1. The van der Waals surface area contributed by atoms with Crippen LogP contribution in [-0.2, 0) is 0 Å². The van der Waals surface area contributed by atoms with Crippen LogP contribution in [0.15, 0.2) is 23.8 Å². The van der Waals surface area contributed by atoms with Gasteiger partial charge >= 0.3 is 0 Å². The largest absolute Gasteiger partial charge is 0.0876 e. The second-order valence-corrected chi connectivity index (χ2v) is 4.80. The lowest BCUT2D eigenvalue weighted by Crippen LogP contribution is -2.18. The van der Waals surface area contributed by atoms with Crippen LogP contribution in [0, 0.1) is 17.8 Å². The van der Waals surface area contributed by atoms with Crippen molar-refractivity contribution in [2.45, 2.75) is 39.5 Å². The Morgan fingerprint density at radius 2 is 2.15 bits per heavy atom. The third-order valence-electron chi connectivity index (χ3n) is 3.54. The van der Waals surface area contributed by atoms with Gasteiger partial charge in [-0.25, -0.2) is 0 Å². The van der Waals surface area contributed by atoms with Crippen molar-refractivity contribution in [2.24, 2.45) is 17.8 Å². The smallest absolute Gasteiger partial charge is 0.00229 e. The maximum atomic E-state index is 2.57. The minimum Gasteiger partial charge on any atom is -0.0876 e. The predicted octanol–water partition coefficient (Wildman–Crippen LogP) is 3.95. The molecule has 0 N–H and O–H groups in total. The maximum absolute atomic E-state index is 2.57. The van der Waals surface area contributed by atoms with Crippen LogP contribution in [0.3, 0.4) is 0 Å². The zero-order valence-electron chi connectivity index (χ0n) is 8.79. The lowest BCUT2D eigenvalue weighted by Gasteiger charge is -2.31. The van der Waals surface area contributed by atoms with Crippen LogP contribution in [0.5, 0.6) is 0 Å². The lowest BCUT2D eigenvalue weighted by atomic mass is 9.75. The van der Waals surface area contributed by atoms with Gasteiger partial charge in [0.2, 0.25) is 0 Å². The first-order valence-corrected chi connectivity index (χ1v) is 5.64. The van der Waals surface area contributed by atoms with Crippen molar-refractivity contribution in [1.29, 1.82) is 0 Å². The molecule has 0 radical (unpaired) electrons. The van der Waals surface area contributed by atoms with Gasteiger partial charge in [0.05, 0.1) is 0 Å². The summed E-state index contributed by atoms with van der Waals surface area (Å²) in [5, 5.41) is 0. The van der Waals surface area contributed by atoms with Gasteiger partial charge in [0.25, 0.3) is 0 Å². The molecule has 0 aromatic heterocycles. The summed E-state index contributed by atoms with van der Waals surface area (Å²) in [5.74, 6) is 2.50. The Morgan fingerprint density at radius 3 is 2.92 bits per heavy atom. The summed E-state index contributed by atoms with van der Waals surface area (Å²) in [6.45, 7) is 4.70. The Labute approximate surface area is 81.7 Å². The number of allylic oxidation sites excluding steroid dienone is 4. The summed E-state index contributed by atoms with van der Waals surface area (Å²) in [4.78, 5) is 0. The van der Waals surface area contributed by atoms with Crippen molar-refractivity contribution in [3.05, 3.63) is 23.8 Å². The average molecular weight is 176 g/mol. The van der Waals surface area contributed by atoms with E-state index in [4.69, 9.17) is 0 Å². The monoisotopic (exact) mass is 176 g/mol. The van der Waals surface area contributed by atoms with Crippen molar-refractivity contribution in [2.75, 3.05) is 0 Å². The van der Waals surface area contributed by atoms with E-state index < -0.39 is 0 Å². The van der Waals surface area contributed by atoms with Gasteiger partial charge in [-0.15, -0.1) is 0 Å². The van der Waals surface area contributed by atoms with E-state index in [1.807, 2.05) is 0 Å². The summed E-state index contributed by atoms with van der Waals surface area (Å²) in [7, 11) is 0. The first-order valence-electron chi connectivity index (χ1n) is 5.64. The van der Waals surface area contributed by atoms with E-state index in [0.29, 0.717) is 0 Å². The molecule has 2 aliphatic rings. The molecule has 2 rings (SSSR count). The number of hydrogen-bond acceptors (Lipinski definition) is 0. The van der Waals surface area contributed by atoms with Crippen LogP contribution in [-0.4, -0.2) is 0 Å². The van der Waals surface area contributed by atoms with Gasteiger partial charge in [-0.1, -0.05) is 37.6 Å². The summed E-state index contributed by atoms with van der Waals surface area (Å²) in [5.41, 5.74) is 1.73. The molecule has 0 saturated heterocycles. The third kappa shape index (κ3) is 1.87. The van der Waals surface area contributed by atoms with Gasteiger partial charge < -0.3 is 0 Å². The van der Waals surface area contributed by atoms with Gasteiger partial charge in [-0.2, -0.15) is 0 Å². The molecule has 2 unspecified atom stereocenters. The highest BCUT2D eigenvalue weighted by atomic mass is 14.3. The standard InChI is InChI=1S/C13H20/c1-10(2)12-8-7-11-5-3-4-6-13(11)9-12/h3,5,9-12H,4,6-8H2,1-2H3. The fourth-order valence-electron chi connectivity index (χ4n) is 2.56. The lowest BCUT2D eigenvalue weighted by molar-refractivity contribution is 0.376. The van der Waals surface area contributed by atoms with Crippen LogP contribution in [0.25, 0.3) is 0 Å². The molecule has 0 nitrogen and oxygen atoms in total. The maximum Gasteiger partial charge on any atom is -0.00229 e. The Kier molecular flexibility index (Phi) is 2.57. The Morgan fingerprint density at radius 1 is 1.31 bits per heavy atom. The van der Waals surface area contributed by atoms with Gasteiger partial charge in [0, 0.05) is 0 Å². The molecular weight excluding hydrogens is 156 g/mol. The van der Waals surface area contributed by atoms with Gasteiger partial charge in [-0.05, 0) is 43.4 Å². The summed E-state index contributed by atoms with van der Waals surface area (Å²) in [6, 6.07) is 0. The second-order valence-electron chi connectivity index (χ2n) is 4.80. The van der Waals surface area contributed by atoms with E-state index in [2.05, 4.69) is 32.1 Å². The predicted molar refractivity (Wildman–Crippen MR) is 57.5 cm³/mol. The summed E-state index contributed by atoms with van der Waals surface area (Å²) < 4.78 is 0. The molecule has 0 spiro atoms. The van der Waals surface area contributed by atoms with Crippen LogP contribution >= 0.6 is 0 Å². The number of hydrogen-bond donors (Lipinski definition) is 0. The van der Waals surface area contributed by atoms with Crippen molar-refractivity contribution in [3.8, 4) is 0 Å². The van der Waals surface area contributed by atoms with Crippen LogP contribution in [0.4, 0.5) is 0 Å². The highest BCUT2D eigenvalue weighted by molar-refractivity contribution is 5.21. The minimum atomic E-state index is 0.809. The molecule has 0 aromatic rings. The molecule has 0 aromatic carbocycles. The fourth-order valence-corrected chi connectivity index (χ4v) is 2.56. The van der Waals surface area contributed by atoms with Gasteiger partial charge in [0.15, 0.2) is 0 Å². The van der Waals surface area contributed by atoms with Gasteiger partial charge in [-0.3, -0.25) is 0 Å². The van der Waals surface area contributed by atoms with E-state index in [-0.39, 0.29) is 0 Å². The normalized spacial score (nSPS) is 33.0. The van der Waals surface area contributed by atoms with Crippen LogP contribution < -0.4 is 0 Å². The molecule has 0 heteroatoms. The molecule has 13 heavy (non-hydrogen) atoms.